The lowest BCUT2D eigenvalue weighted by Gasteiger charge is -2.43. The largest absolute Gasteiger partial charge is 0.508 e. The van der Waals surface area contributed by atoms with E-state index in [2.05, 4.69) is 5.32 Å². The number of β-lactam (4-membered cyclic amide) rings is 1. The first kappa shape index (κ1) is 37.4. The van der Waals surface area contributed by atoms with Gasteiger partial charge in [-0.15, -0.1) is 11.8 Å². The quantitative estimate of drug-likeness (QED) is 0.102. The van der Waals surface area contributed by atoms with Gasteiger partial charge in [-0.25, -0.2) is 14.4 Å². The maximum atomic E-state index is 12.3. The molecule has 278 valence electrons. The van der Waals surface area contributed by atoms with Gasteiger partial charge in [0.1, 0.15) is 51.9 Å². The standard InChI is InChI=1S/C23H16O6.C16H19N3O5S/c24-20-16(14-7-3-1-5-12(14)9-18(20)22(26)27)11-17-15-8-4-2-6-13(15)10-19(21(17)25)23(28)29;1-16(2)11(15(23)24)19-13(22)10(14(19)25-16)18-12(21)9(17)7-3-5-8(20)6-4-7/h1-10,24-25H,11H2,(H,26,27)(H,28,29);3-6,9-11,14,20H,17H2,1-2H3,(H,18,21)(H,23,24). The normalized spacial score (nSPS) is 18.9. The second kappa shape index (κ2) is 14.2. The second-order valence-corrected chi connectivity index (χ2v) is 15.2. The van der Waals surface area contributed by atoms with Crippen LogP contribution in [0.25, 0.3) is 21.5 Å². The first-order valence-electron chi connectivity index (χ1n) is 16.5. The van der Waals surface area contributed by atoms with Crippen molar-refractivity contribution >= 4 is 63.0 Å². The van der Waals surface area contributed by atoms with Gasteiger partial charge < -0.3 is 46.6 Å². The van der Waals surface area contributed by atoms with Gasteiger partial charge in [0, 0.05) is 22.3 Å². The van der Waals surface area contributed by atoms with E-state index in [4.69, 9.17) is 5.73 Å². The number of nitrogens with two attached hydrogens (primary N) is 1. The van der Waals surface area contributed by atoms with Crippen LogP contribution in [0.2, 0.25) is 0 Å². The number of thioether (sulfide) groups is 1. The number of nitrogens with one attached hydrogen (secondary N) is 1. The maximum absolute atomic E-state index is 12.3. The molecule has 0 aromatic heterocycles. The van der Waals surface area contributed by atoms with Gasteiger partial charge in [-0.05, 0) is 65.2 Å². The van der Waals surface area contributed by atoms with Gasteiger partial charge in [-0.2, -0.15) is 0 Å². The first-order valence-corrected chi connectivity index (χ1v) is 17.4. The highest BCUT2D eigenvalue weighted by Crippen LogP contribution is 2.51. The van der Waals surface area contributed by atoms with E-state index in [-0.39, 0.29) is 23.3 Å². The maximum Gasteiger partial charge on any atom is 0.339 e. The van der Waals surface area contributed by atoms with Crippen LogP contribution >= 0.6 is 11.8 Å². The predicted molar refractivity (Wildman–Crippen MR) is 199 cm³/mol. The summed E-state index contributed by atoms with van der Waals surface area (Å²) in [6, 6.07) is 20.0. The van der Waals surface area contributed by atoms with Crippen LogP contribution in [-0.4, -0.2) is 87.5 Å². The van der Waals surface area contributed by atoms with E-state index in [1.165, 1.54) is 53.1 Å². The van der Waals surface area contributed by atoms with Crippen molar-refractivity contribution in [2.45, 2.75) is 48.5 Å². The molecule has 2 amide bonds. The van der Waals surface area contributed by atoms with Crippen LogP contribution in [0.1, 0.15) is 57.3 Å². The summed E-state index contributed by atoms with van der Waals surface area (Å²) in [7, 11) is 0. The second-order valence-electron chi connectivity index (χ2n) is 13.4. The van der Waals surface area contributed by atoms with Crippen molar-refractivity contribution in [2.24, 2.45) is 5.73 Å². The average Bonchev–Trinajstić information content (AvgIpc) is 3.39. The zero-order valence-corrected chi connectivity index (χ0v) is 29.6. The molecule has 9 N–H and O–H groups in total. The van der Waals surface area contributed by atoms with Crippen LogP contribution in [0.15, 0.2) is 84.9 Å². The molecule has 0 spiro atoms. The van der Waals surface area contributed by atoms with E-state index in [1.807, 2.05) is 0 Å². The van der Waals surface area contributed by atoms with Gasteiger partial charge in [-0.3, -0.25) is 9.59 Å². The lowest BCUT2D eigenvalue weighted by molar-refractivity contribution is -0.161. The summed E-state index contributed by atoms with van der Waals surface area (Å²) in [5.74, 6) is -5.29. The fourth-order valence-electron chi connectivity index (χ4n) is 6.91. The fraction of sp³-hybridized carbons (Fsp3) is 0.205. The lowest BCUT2D eigenvalue weighted by atomic mass is 9.90. The molecule has 2 aliphatic rings. The van der Waals surface area contributed by atoms with E-state index in [9.17, 15) is 54.6 Å². The molecule has 0 radical (unpaired) electrons. The molecule has 14 nitrogen and oxygen atoms in total. The number of phenols is 3. The monoisotopic (exact) mass is 753 g/mol. The van der Waals surface area contributed by atoms with Crippen molar-refractivity contribution in [3.63, 3.8) is 0 Å². The number of hydrogen-bond acceptors (Lipinski definition) is 10. The van der Waals surface area contributed by atoms with Crippen LogP contribution in [0.3, 0.4) is 0 Å². The van der Waals surface area contributed by atoms with Crippen LogP contribution in [0, 0.1) is 0 Å². The molecule has 4 atom stereocenters. The van der Waals surface area contributed by atoms with Gasteiger partial charge in [-0.1, -0.05) is 60.7 Å². The molecule has 4 unspecified atom stereocenters. The molecule has 7 rings (SSSR count). The van der Waals surface area contributed by atoms with E-state index in [0.717, 1.165) is 0 Å². The molecule has 0 saturated carbocycles. The summed E-state index contributed by atoms with van der Waals surface area (Å²) >= 11 is 1.35. The number of nitrogens with zero attached hydrogens (tertiary/aromatic N) is 1. The Morgan fingerprint density at radius 3 is 1.74 bits per heavy atom. The number of hydrogen-bond donors (Lipinski definition) is 8. The molecule has 2 fully saturated rings. The lowest BCUT2D eigenvalue weighted by Crippen LogP contribution is -2.71. The smallest absolute Gasteiger partial charge is 0.339 e. The third kappa shape index (κ3) is 6.70. The minimum Gasteiger partial charge on any atom is -0.508 e. The van der Waals surface area contributed by atoms with Crippen LogP contribution < -0.4 is 11.1 Å². The van der Waals surface area contributed by atoms with E-state index in [0.29, 0.717) is 38.2 Å². The SMILES string of the molecule is CC1(C)SC2C(NC(=O)C(N)c3ccc(O)cc3)C(=O)N2C1C(=O)O.O=C(O)c1cc2ccccc2c(Cc2c(O)c(C(=O)O)cc3ccccc23)c1O. The van der Waals surface area contributed by atoms with E-state index in [1.54, 1.807) is 62.4 Å². The number of carboxylic acid groups (broad SMARTS) is 3. The predicted octanol–water partition coefficient (Wildman–Crippen LogP) is 4.42. The molecule has 0 bridgehead atoms. The number of amides is 2. The number of phenolic OH excluding ortho intramolecular Hbond substituents is 1. The topological polar surface area (TPSA) is 248 Å². The molecule has 5 aromatic carbocycles. The van der Waals surface area contributed by atoms with Gasteiger partial charge in [0.05, 0.1) is 0 Å². The molecule has 2 aliphatic heterocycles. The summed E-state index contributed by atoms with van der Waals surface area (Å²) < 4.78 is -0.648. The summed E-state index contributed by atoms with van der Waals surface area (Å²) in [4.78, 5) is 60.7. The Balaban J connectivity index is 0.000000186. The number of aromatic carboxylic acids is 2. The van der Waals surface area contributed by atoms with Crippen LogP contribution in [-0.2, 0) is 20.8 Å². The van der Waals surface area contributed by atoms with Crippen LogP contribution in [0.5, 0.6) is 17.2 Å². The van der Waals surface area contributed by atoms with Crippen molar-refractivity contribution in [1.82, 2.24) is 10.2 Å². The van der Waals surface area contributed by atoms with Crippen molar-refractivity contribution in [3.05, 3.63) is 113 Å². The number of carbonyl (C=O) groups excluding carboxylic acids is 2. The van der Waals surface area contributed by atoms with E-state index >= 15 is 0 Å². The molecule has 54 heavy (non-hydrogen) atoms. The Labute approximate surface area is 311 Å². The first-order chi connectivity index (χ1) is 25.5. The highest BCUT2D eigenvalue weighted by Gasteiger charge is 2.64. The zero-order chi connectivity index (χ0) is 39.2. The molecule has 0 aliphatic carbocycles. The Morgan fingerprint density at radius 1 is 0.796 bits per heavy atom. The molecule has 2 saturated heterocycles. The molecular weight excluding hydrogens is 719 g/mol. The number of rotatable bonds is 8. The average molecular weight is 754 g/mol. The molecule has 2 heterocycles. The zero-order valence-electron chi connectivity index (χ0n) is 28.8. The van der Waals surface area contributed by atoms with Gasteiger partial charge in [0.15, 0.2) is 0 Å². The van der Waals surface area contributed by atoms with Crippen molar-refractivity contribution in [2.75, 3.05) is 0 Å². The van der Waals surface area contributed by atoms with E-state index < -0.39 is 69.5 Å². The number of fused-ring (bicyclic) bond motifs is 3. The Morgan fingerprint density at radius 2 is 1.28 bits per heavy atom. The summed E-state index contributed by atoms with van der Waals surface area (Å²) in [5, 5.41) is 63.7. The third-order valence-electron chi connectivity index (χ3n) is 9.58. The van der Waals surface area contributed by atoms with Crippen molar-refractivity contribution < 1.29 is 54.6 Å². The minimum atomic E-state index is -1.28. The number of aliphatic carboxylic acids is 1. The van der Waals surface area contributed by atoms with Crippen LogP contribution in [0.4, 0.5) is 0 Å². The molecular formula is C39H35N3O11S. The number of carbonyl (C=O) groups is 5. The summed E-state index contributed by atoms with van der Waals surface area (Å²) in [6.07, 6.45) is -0.0407. The van der Waals surface area contributed by atoms with Gasteiger partial charge >= 0.3 is 17.9 Å². The molecule has 15 heteroatoms. The van der Waals surface area contributed by atoms with Crippen molar-refractivity contribution in [1.29, 1.82) is 0 Å². The Kier molecular flexibility index (Phi) is 9.88. The Bertz CT molecular complexity index is 2260. The number of aromatic hydroxyl groups is 3. The van der Waals surface area contributed by atoms with Gasteiger partial charge in [0.2, 0.25) is 11.8 Å². The number of benzene rings is 5. The van der Waals surface area contributed by atoms with Gasteiger partial charge in [0.25, 0.3) is 0 Å². The summed E-state index contributed by atoms with van der Waals surface area (Å²) in [5.41, 5.74) is 6.52. The highest BCUT2D eigenvalue weighted by atomic mass is 32.2. The minimum absolute atomic E-state index is 0.0407. The highest BCUT2D eigenvalue weighted by molar-refractivity contribution is 8.01. The fourth-order valence-corrected chi connectivity index (χ4v) is 8.53. The summed E-state index contributed by atoms with van der Waals surface area (Å²) in [6.45, 7) is 3.53. The van der Waals surface area contributed by atoms with Crippen molar-refractivity contribution in [3.8, 4) is 17.2 Å². The third-order valence-corrected chi connectivity index (χ3v) is 11.1. The number of carboxylic acids is 3. The molecule has 5 aromatic rings. The Hall–Kier alpha value is -6.32.